The van der Waals surface area contributed by atoms with Crippen molar-refractivity contribution in [3.8, 4) is 0 Å². The fourth-order valence-electron chi connectivity index (χ4n) is 2.24. The Labute approximate surface area is 105 Å². The molecule has 0 bridgehead atoms. The number of aryl methyl sites for hydroxylation is 2. The standard InChI is InChI=1S/C16H24O/c1-4-5-6-7-8-16(17)12-15-10-13(2)9-14(3)11-15/h9-11H,4-8,12H2,1-3H3. The topological polar surface area (TPSA) is 17.1 Å². The van der Waals surface area contributed by atoms with Crippen LogP contribution in [0.15, 0.2) is 18.2 Å². The lowest BCUT2D eigenvalue weighted by molar-refractivity contribution is -0.118. The van der Waals surface area contributed by atoms with E-state index < -0.39 is 0 Å². The number of hydrogen-bond acceptors (Lipinski definition) is 1. The first-order valence-electron chi connectivity index (χ1n) is 6.70. The van der Waals surface area contributed by atoms with Gasteiger partial charge in [-0.1, -0.05) is 55.5 Å². The Morgan fingerprint density at radius 2 is 1.65 bits per heavy atom. The minimum absolute atomic E-state index is 0.381. The lowest BCUT2D eigenvalue weighted by atomic mass is 10.0. The van der Waals surface area contributed by atoms with Crippen LogP contribution in [0.3, 0.4) is 0 Å². The van der Waals surface area contributed by atoms with E-state index in [1.807, 2.05) is 0 Å². The van der Waals surface area contributed by atoms with Gasteiger partial charge in [0, 0.05) is 12.8 Å². The highest BCUT2D eigenvalue weighted by Gasteiger charge is 2.04. The van der Waals surface area contributed by atoms with Gasteiger partial charge in [-0.05, 0) is 25.8 Å². The zero-order valence-corrected chi connectivity index (χ0v) is 11.4. The molecule has 0 N–H and O–H groups in total. The number of hydrogen-bond donors (Lipinski definition) is 0. The van der Waals surface area contributed by atoms with Gasteiger partial charge in [0.25, 0.3) is 0 Å². The molecule has 0 saturated heterocycles. The summed E-state index contributed by atoms with van der Waals surface area (Å²) in [5.41, 5.74) is 3.67. The maximum atomic E-state index is 11.8. The van der Waals surface area contributed by atoms with Crippen LogP contribution >= 0.6 is 0 Å². The van der Waals surface area contributed by atoms with Gasteiger partial charge in [0.1, 0.15) is 5.78 Å². The van der Waals surface area contributed by atoms with Gasteiger partial charge in [0.15, 0.2) is 0 Å². The molecular weight excluding hydrogens is 208 g/mol. The monoisotopic (exact) mass is 232 g/mol. The van der Waals surface area contributed by atoms with Gasteiger partial charge in [0.05, 0.1) is 0 Å². The molecule has 0 aliphatic rings. The molecule has 1 aromatic rings. The number of ketones is 1. The highest BCUT2D eigenvalue weighted by atomic mass is 16.1. The molecule has 1 rings (SSSR count). The Morgan fingerprint density at radius 1 is 1.00 bits per heavy atom. The molecule has 17 heavy (non-hydrogen) atoms. The highest BCUT2D eigenvalue weighted by molar-refractivity contribution is 5.80. The molecule has 0 aliphatic heterocycles. The number of Topliss-reactive ketones (excluding diaryl/α,β-unsaturated/α-hetero) is 1. The molecule has 0 radical (unpaired) electrons. The first-order valence-corrected chi connectivity index (χ1v) is 6.70. The molecule has 0 amide bonds. The van der Waals surface area contributed by atoms with E-state index in [9.17, 15) is 4.79 Å². The third-order valence-electron chi connectivity index (χ3n) is 2.99. The molecular formula is C16H24O. The van der Waals surface area contributed by atoms with Gasteiger partial charge in [-0.15, -0.1) is 0 Å². The normalized spacial score (nSPS) is 10.5. The van der Waals surface area contributed by atoms with E-state index >= 15 is 0 Å². The second-order valence-corrected chi connectivity index (χ2v) is 5.02. The minimum atomic E-state index is 0.381. The summed E-state index contributed by atoms with van der Waals surface area (Å²) in [7, 11) is 0. The maximum Gasteiger partial charge on any atom is 0.137 e. The molecule has 0 fully saturated rings. The van der Waals surface area contributed by atoms with Crippen LogP contribution in [-0.4, -0.2) is 5.78 Å². The van der Waals surface area contributed by atoms with Crippen molar-refractivity contribution in [2.45, 2.75) is 59.3 Å². The van der Waals surface area contributed by atoms with E-state index in [4.69, 9.17) is 0 Å². The Balaban J connectivity index is 2.39. The summed E-state index contributed by atoms with van der Waals surface area (Å²) in [4.78, 5) is 11.8. The van der Waals surface area contributed by atoms with Gasteiger partial charge < -0.3 is 0 Å². The Morgan fingerprint density at radius 3 is 2.24 bits per heavy atom. The molecule has 94 valence electrons. The molecule has 0 spiro atoms. The van der Waals surface area contributed by atoms with E-state index in [0.29, 0.717) is 12.2 Å². The van der Waals surface area contributed by atoms with Crippen LogP contribution in [-0.2, 0) is 11.2 Å². The van der Waals surface area contributed by atoms with Crippen LogP contribution in [0.1, 0.15) is 55.7 Å². The number of carbonyl (C=O) groups excluding carboxylic acids is 1. The van der Waals surface area contributed by atoms with Crippen molar-refractivity contribution in [3.63, 3.8) is 0 Å². The number of benzene rings is 1. The SMILES string of the molecule is CCCCCCC(=O)Cc1cc(C)cc(C)c1. The van der Waals surface area contributed by atoms with Crippen LogP contribution in [0.4, 0.5) is 0 Å². The Kier molecular flexibility index (Phi) is 5.96. The number of carbonyl (C=O) groups is 1. The van der Waals surface area contributed by atoms with Crippen molar-refractivity contribution in [3.05, 3.63) is 34.9 Å². The number of unbranched alkanes of at least 4 members (excludes halogenated alkanes) is 3. The molecule has 1 nitrogen and oxygen atoms in total. The average molecular weight is 232 g/mol. The van der Waals surface area contributed by atoms with Crippen molar-refractivity contribution >= 4 is 5.78 Å². The van der Waals surface area contributed by atoms with E-state index in [2.05, 4.69) is 39.0 Å². The molecule has 0 saturated carbocycles. The van der Waals surface area contributed by atoms with Crippen molar-refractivity contribution in [1.29, 1.82) is 0 Å². The van der Waals surface area contributed by atoms with Crippen LogP contribution in [0.25, 0.3) is 0 Å². The fraction of sp³-hybridized carbons (Fsp3) is 0.562. The third-order valence-corrected chi connectivity index (χ3v) is 2.99. The maximum absolute atomic E-state index is 11.8. The zero-order valence-electron chi connectivity index (χ0n) is 11.4. The van der Waals surface area contributed by atoms with Crippen molar-refractivity contribution in [2.24, 2.45) is 0 Å². The van der Waals surface area contributed by atoms with E-state index in [1.165, 1.54) is 36.0 Å². The van der Waals surface area contributed by atoms with Gasteiger partial charge >= 0.3 is 0 Å². The lowest BCUT2D eigenvalue weighted by Gasteiger charge is -2.04. The summed E-state index contributed by atoms with van der Waals surface area (Å²) in [6.07, 6.45) is 6.07. The van der Waals surface area contributed by atoms with Gasteiger partial charge in [0.2, 0.25) is 0 Å². The quantitative estimate of drug-likeness (QED) is 0.637. The average Bonchev–Trinajstić information content (AvgIpc) is 2.23. The molecule has 0 atom stereocenters. The van der Waals surface area contributed by atoms with Gasteiger partial charge in [-0.25, -0.2) is 0 Å². The van der Waals surface area contributed by atoms with Crippen LogP contribution < -0.4 is 0 Å². The summed E-state index contributed by atoms with van der Waals surface area (Å²) in [5.74, 6) is 0.381. The molecule has 0 heterocycles. The van der Waals surface area contributed by atoms with E-state index in [1.54, 1.807) is 0 Å². The van der Waals surface area contributed by atoms with E-state index in [-0.39, 0.29) is 0 Å². The second-order valence-electron chi connectivity index (χ2n) is 5.02. The zero-order chi connectivity index (χ0) is 12.7. The molecule has 1 heteroatoms. The van der Waals surface area contributed by atoms with Gasteiger partial charge in [-0.3, -0.25) is 4.79 Å². The van der Waals surface area contributed by atoms with E-state index in [0.717, 1.165) is 12.8 Å². The minimum Gasteiger partial charge on any atom is -0.299 e. The predicted molar refractivity (Wildman–Crippen MR) is 73.4 cm³/mol. The smallest absolute Gasteiger partial charge is 0.137 e. The summed E-state index contributed by atoms with van der Waals surface area (Å²) < 4.78 is 0. The largest absolute Gasteiger partial charge is 0.299 e. The van der Waals surface area contributed by atoms with Crippen LogP contribution in [0.5, 0.6) is 0 Å². The first kappa shape index (κ1) is 14.0. The predicted octanol–water partition coefficient (Wildman–Crippen LogP) is 4.39. The van der Waals surface area contributed by atoms with Crippen molar-refractivity contribution < 1.29 is 4.79 Å². The van der Waals surface area contributed by atoms with Crippen LogP contribution in [0.2, 0.25) is 0 Å². The second kappa shape index (κ2) is 7.26. The lowest BCUT2D eigenvalue weighted by Crippen LogP contribution is -2.03. The molecule has 0 unspecified atom stereocenters. The van der Waals surface area contributed by atoms with Crippen LogP contribution in [0, 0.1) is 13.8 Å². The Bertz CT molecular complexity index is 346. The fourth-order valence-corrected chi connectivity index (χ4v) is 2.24. The van der Waals surface area contributed by atoms with Crippen molar-refractivity contribution in [2.75, 3.05) is 0 Å². The summed E-state index contributed by atoms with van der Waals surface area (Å²) in [6, 6.07) is 6.39. The molecule has 1 aromatic carbocycles. The summed E-state index contributed by atoms with van der Waals surface area (Å²) in [5, 5.41) is 0. The molecule has 0 aliphatic carbocycles. The first-order chi connectivity index (χ1) is 8.11. The molecule has 0 aromatic heterocycles. The van der Waals surface area contributed by atoms with Gasteiger partial charge in [-0.2, -0.15) is 0 Å². The third kappa shape index (κ3) is 5.67. The number of rotatable bonds is 7. The Hall–Kier alpha value is -1.11. The summed E-state index contributed by atoms with van der Waals surface area (Å²) >= 11 is 0. The highest BCUT2D eigenvalue weighted by Crippen LogP contribution is 2.11. The van der Waals surface area contributed by atoms with Crippen molar-refractivity contribution in [1.82, 2.24) is 0 Å². The summed E-state index contributed by atoms with van der Waals surface area (Å²) in [6.45, 7) is 6.36.